The van der Waals surface area contributed by atoms with E-state index in [1.54, 1.807) is 7.11 Å². The van der Waals surface area contributed by atoms with E-state index in [9.17, 15) is 0 Å². The molecule has 2 aromatic rings. The fourth-order valence-corrected chi connectivity index (χ4v) is 3.07. The van der Waals surface area contributed by atoms with E-state index < -0.39 is 0 Å². The molecule has 0 N–H and O–H groups in total. The zero-order valence-electron chi connectivity index (χ0n) is 11.7. The Kier molecular flexibility index (Phi) is 5.64. The summed E-state index contributed by atoms with van der Waals surface area (Å²) in [5, 5.41) is -0.138. The van der Waals surface area contributed by atoms with Crippen molar-refractivity contribution >= 4 is 27.5 Å². The smallest absolute Gasteiger partial charge is 0.0846 e. The maximum Gasteiger partial charge on any atom is 0.0846 e. The van der Waals surface area contributed by atoms with Gasteiger partial charge in [0.05, 0.1) is 12.0 Å². The lowest BCUT2D eigenvalue weighted by molar-refractivity contribution is 0.202. The van der Waals surface area contributed by atoms with Crippen LogP contribution in [0.15, 0.2) is 46.9 Å². The molecule has 0 saturated carbocycles. The molecule has 1 atom stereocenters. The number of benzene rings is 2. The number of ether oxygens (including phenoxy) is 1. The lowest BCUT2D eigenvalue weighted by Crippen LogP contribution is -1.98. The summed E-state index contributed by atoms with van der Waals surface area (Å²) in [6.07, 6.45) is 0.928. The molecule has 0 spiro atoms. The van der Waals surface area contributed by atoms with Crippen molar-refractivity contribution in [3.63, 3.8) is 0 Å². The normalized spacial score (nSPS) is 12.4. The Hall–Kier alpha value is -0.830. The van der Waals surface area contributed by atoms with Crippen molar-refractivity contribution < 1.29 is 4.74 Å². The highest BCUT2D eigenvalue weighted by atomic mass is 79.9. The van der Waals surface area contributed by atoms with E-state index >= 15 is 0 Å². The molecule has 0 aliphatic rings. The van der Waals surface area contributed by atoms with Gasteiger partial charge in [0, 0.05) is 11.6 Å². The lowest BCUT2D eigenvalue weighted by Gasteiger charge is -2.14. The van der Waals surface area contributed by atoms with Gasteiger partial charge in [-0.1, -0.05) is 58.4 Å². The summed E-state index contributed by atoms with van der Waals surface area (Å²) < 4.78 is 6.18. The van der Waals surface area contributed by atoms with Gasteiger partial charge >= 0.3 is 0 Å². The van der Waals surface area contributed by atoms with Crippen LogP contribution in [-0.4, -0.2) is 13.7 Å². The van der Waals surface area contributed by atoms with Crippen molar-refractivity contribution in [2.75, 3.05) is 13.7 Å². The molecule has 0 saturated heterocycles. The molecular formula is C17H18BrClO. The van der Waals surface area contributed by atoms with E-state index in [1.807, 2.05) is 6.07 Å². The van der Waals surface area contributed by atoms with E-state index in [4.69, 9.17) is 16.3 Å². The van der Waals surface area contributed by atoms with Crippen LogP contribution in [0.2, 0.25) is 0 Å². The van der Waals surface area contributed by atoms with Gasteiger partial charge in [0.2, 0.25) is 0 Å². The van der Waals surface area contributed by atoms with Crippen LogP contribution in [0.1, 0.15) is 27.6 Å². The van der Waals surface area contributed by atoms with Crippen LogP contribution in [-0.2, 0) is 11.2 Å². The molecule has 2 rings (SSSR count). The van der Waals surface area contributed by atoms with Gasteiger partial charge in [-0.3, -0.25) is 0 Å². The monoisotopic (exact) mass is 352 g/mol. The molecule has 106 valence electrons. The molecule has 0 bridgehead atoms. The maximum absolute atomic E-state index is 6.61. The topological polar surface area (TPSA) is 9.23 Å². The van der Waals surface area contributed by atoms with Crippen molar-refractivity contribution in [3.05, 3.63) is 69.2 Å². The number of methoxy groups -OCH3 is 1. The molecule has 0 aliphatic heterocycles. The first-order valence-electron chi connectivity index (χ1n) is 6.60. The molecule has 2 aromatic carbocycles. The summed E-state index contributed by atoms with van der Waals surface area (Å²) in [5.74, 6) is 0. The fraction of sp³-hybridized carbons (Fsp3) is 0.294. The second kappa shape index (κ2) is 7.26. The fourth-order valence-electron chi connectivity index (χ4n) is 2.12. The van der Waals surface area contributed by atoms with Crippen LogP contribution in [0.3, 0.4) is 0 Å². The zero-order chi connectivity index (χ0) is 14.5. The Morgan fingerprint density at radius 1 is 1.15 bits per heavy atom. The Morgan fingerprint density at radius 2 is 1.85 bits per heavy atom. The van der Waals surface area contributed by atoms with E-state index in [1.165, 1.54) is 11.1 Å². The van der Waals surface area contributed by atoms with Crippen molar-refractivity contribution in [2.45, 2.75) is 18.7 Å². The van der Waals surface area contributed by atoms with Crippen LogP contribution >= 0.6 is 27.5 Å². The first-order chi connectivity index (χ1) is 9.63. The molecule has 0 aliphatic carbocycles. The largest absolute Gasteiger partial charge is 0.384 e. The van der Waals surface area contributed by atoms with Gasteiger partial charge in [-0.15, -0.1) is 11.6 Å². The number of hydrogen-bond acceptors (Lipinski definition) is 1. The van der Waals surface area contributed by atoms with Crippen LogP contribution in [0.5, 0.6) is 0 Å². The van der Waals surface area contributed by atoms with Crippen LogP contribution in [0, 0.1) is 6.92 Å². The van der Waals surface area contributed by atoms with E-state index in [2.05, 4.69) is 59.3 Å². The highest BCUT2D eigenvalue weighted by Crippen LogP contribution is 2.35. The highest BCUT2D eigenvalue weighted by molar-refractivity contribution is 9.10. The minimum atomic E-state index is -0.138. The molecule has 3 heteroatoms. The average molecular weight is 354 g/mol. The van der Waals surface area contributed by atoms with E-state index in [0.29, 0.717) is 0 Å². The number of rotatable bonds is 5. The number of halogens is 2. The SMILES string of the molecule is COCCc1ccc(C(Cl)c2cccc(C)c2Br)cc1. The van der Waals surface area contributed by atoms with Crippen molar-refractivity contribution in [3.8, 4) is 0 Å². The van der Waals surface area contributed by atoms with E-state index in [-0.39, 0.29) is 5.38 Å². The summed E-state index contributed by atoms with van der Waals surface area (Å²) in [6.45, 7) is 2.82. The molecular weight excluding hydrogens is 336 g/mol. The van der Waals surface area contributed by atoms with Gasteiger partial charge in [-0.05, 0) is 35.6 Å². The van der Waals surface area contributed by atoms with Gasteiger partial charge < -0.3 is 4.74 Å². The minimum absolute atomic E-state index is 0.138. The Morgan fingerprint density at radius 3 is 2.50 bits per heavy atom. The van der Waals surface area contributed by atoms with Crippen LogP contribution < -0.4 is 0 Å². The quantitative estimate of drug-likeness (QED) is 0.665. The zero-order valence-corrected chi connectivity index (χ0v) is 14.0. The number of aryl methyl sites for hydroxylation is 1. The summed E-state index contributed by atoms with van der Waals surface area (Å²) in [7, 11) is 1.72. The molecule has 0 aromatic heterocycles. The van der Waals surface area contributed by atoms with Gasteiger partial charge in [-0.2, -0.15) is 0 Å². The molecule has 0 amide bonds. The van der Waals surface area contributed by atoms with Crippen LogP contribution in [0.25, 0.3) is 0 Å². The molecule has 1 nitrogen and oxygen atoms in total. The molecule has 0 fully saturated rings. The summed E-state index contributed by atoms with van der Waals surface area (Å²) in [5.41, 5.74) is 4.68. The first kappa shape index (κ1) is 15.6. The summed E-state index contributed by atoms with van der Waals surface area (Å²) in [6, 6.07) is 14.6. The van der Waals surface area contributed by atoms with Crippen molar-refractivity contribution in [2.24, 2.45) is 0 Å². The maximum atomic E-state index is 6.61. The van der Waals surface area contributed by atoms with Gasteiger partial charge in [0.15, 0.2) is 0 Å². The standard InChI is InChI=1S/C17H18BrClO/c1-12-4-3-5-15(16(12)18)17(19)14-8-6-13(7-9-14)10-11-20-2/h3-9,17H,10-11H2,1-2H3. The average Bonchev–Trinajstić information content (AvgIpc) is 2.48. The van der Waals surface area contributed by atoms with Gasteiger partial charge in [0.1, 0.15) is 0 Å². The van der Waals surface area contributed by atoms with Crippen molar-refractivity contribution in [1.29, 1.82) is 0 Å². The summed E-state index contributed by atoms with van der Waals surface area (Å²) in [4.78, 5) is 0. The van der Waals surface area contributed by atoms with E-state index in [0.717, 1.165) is 28.6 Å². The first-order valence-corrected chi connectivity index (χ1v) is 7.83. The second-order valence-corrected chi connectivity index (χ2v) is 6.05. The van der Waals surface area contributed by atoms with Gasteiger partial charge in [0.25, 0.3) is 0 Å². The summed E-state index contributed by atoms with van der Waals surface area (Å²) >= 11 is 10.2. The Balaban J connectivity index is 2.20. The third kappa shape index (κ3) is 3.63. The predicted molar refractivity (Wildman–Crippen MR) is 88.6 cm³/mol. The molecule has 0 heterocycles. The predicted octanol–water partition coefficient (Wildman–Crippen LogP) is 5.27. The number of hydrogen-bond donors (Lipinski definition) is 0. The third-order valence-corrected chi connectivity index (χ3v) is 4.93. The molecule has 0 radical (unpaired) electrons. The Bertz CT molecular complexity index is 566. The second-order valence-electron chi connectivity index (χ2n) is 4.83. The molecule has 1 unspecified atom stereocenters. The third-order valence-electron chi connectivity index (χ3n) is 3.36. The highest BCUT2D eigenvalue weighted by Gasteiger charge is 2.14. The minimum Gasteiger partial charge on any atom is -0.384 e. The molecule has 20 heavy (non-hydrogen) atoms. The Labute approximate surface area is 134 Å². The number of alkyl halides is 1. The lowest BCUT2D eigenvalue weighted by atomic mass is 10.0. The van der Waals surface area contributed by atoms with Crippen molar-refractivity contribution in [1.82, 2.24) is 0 Å². The van der Waals surface area contributed by atoms with Crippen LogP contribution in [0.4, 0.5) is 0 Å². The van der Waals surface area contributed by atoms with Gasteiger partial charge in [-0.25, -0.2) is 0 Å².